The summed E-state index contributed by atoms with van der Waals surface area (Å²) in [5, 5.41) is 3.48. The zero-order valence-electron chi connectivity index (χ0n) is 12.2. The molecule has 2 heterocycles. The Labute approximate surface area is 112 Å². The Balaban J connectivity index is 1.88. The van der Waals surface area contributed by atoms with Crippen molar-refractivity contribution in [1.29, 1.82) is 0 Å². The minimum atomic E-state index is 0.656. The van der Waals surface area contributed by atoms with Crippen molar-refractivity contribution in [1.82, 2.24) is 10.2 Å². The lowest BCUT2D eigenvalue weighted by atomic mass is 9.92. The highest BCUT2D eigenvalue weighted by Gasteiger charge is 2.29. The first-order chi connectivity index (χ1) is 8.85. The van der Waals surface area contributed by atoms with E-state index in [0.29, 0.717) is 12.0 Å². The van der Waals surface area contributed by atoms with Crippen molar-refractivity contribution in [3.05, 3.63) is 0 Å². The van der Waals surface area contributed by atoms with Crippen LogP contribution in [0.1, 0.15) is 45.4 Å². The molecule has 0 amide bonds. The van der Waals surface area contributed by atoms with E-state index in [-0.39, 0.29) is 0 Å². The van der Waals surface area contributed by atoms with Gasteiger partial charge in [0.1, 0.15) is 0 Å². The van der Waals surface area contributed by atoms with Crippen molar-refractivity contribution in [2.24, 2.45) is 5.92 Å². The fourth-order valence-corrected chi connectivity index (χ4v) is 3.62. The van der Waals surface area contributed by atoms with Crippen LogP contribution in [-0.2, 0) is 4.74 Å². The van der Waals surface area contributed by atoms with E-state index in [4.69, 9.17) is 4.74 Å². The van der Waals surface area contributed by atoms with Crippen molar-refractivity contribution in [3.63, 3.8) is 0 Å². The van der Waals surface area contributed by atoms with Crippen molar-refractivity contribution in [3.8, 4) is 0 Å². The minimum Gasteiger partial charge on any atom is -0.381 e. The minimum absolute atomic E-state index is 0.656. The number of likely N-dealkylation sites (tertiary alicyclic amines) is 1. The third-order valence-electron chi connectivity index (χ3n) is 4.68. The average molecular weight is 254 g/mol. The van der Waals surface area contributed by atoms with Crippen LogP contribution in [0.2, 0.25) is 0 Å². The van der Waals surface area contributed by atoms with Crippen LogP contribution in [0, 0.1) is 5.92 Å². The molecule has 106 valence electrons. The molecular formula is C15H30N2O. The van der Waals surface area contributed by atoms with E-state index in [0.717, 1.165) is 19.3 Å². The van der Waals surface area contributed by atoms with Gasteiger partial charge in [-0.15, -0.1) is 0 Å². The topological polar surface area (TPSA) is 24.5 Å². The van der Waals surface area contributed by atoms with Gasteiger partial charge in [0.2, 0.25) is 0 Å². The van der Waals surface area contributed by atoms with Gasteiger partial charge in [-0.25, -0.2) is 0 Å². The molecule has 3 unspecified atom stereocenters. The van der Waals surface area contributed by atoms with Gasteiger partial charge in [0, 0.05) is 31.2 Å². The summed E-state index contributed by atoms with van der Waals surface area (Å²) in [4.78, 5) is 2.75. The highest BCUT2D eigenvalue weighted by molar-refractivity contribution is 4.85. The lowest BCUT2D eigenvalue weighted by Crippen LogP contribution is -2.50. The standard InChI is InChI=1S/C15H30N2O/c1-3-6-14-7-4-5-9-17(14)11-13-12-18-10-8-15(13)16-2/h13-16H,3-12H2,1-2H3. The Bertz CT molecular complexity index is 233. The number of ether oxygens (including phenoxy) is 1. The zero-order valence-corrected chi connectivity index (χ0v) is 12.2. The van der Waals surface area contributed by atoms with Gasteiger partial charge in [0.05, 0.1) is 6.61 Å². The van der Waals surface area contributed by atoms with Crippen molar-refractivity contribution < 1.29 is 4.74 Å². The Hall–Kier alpha value is -0.120. The monoisotopic (exact) mass is 254 g/mol. The van der Waals surface area contributed by atoms with Crippen LogP contribution < -0.4 is 5.32 Å². The molecule has 0 bridgehead atoms. The van der Waals surface area contributed by atoms with Crippen LogP contribution in [0.25, 0.3) is 0 Å². The molecule has 3 nitrogen and oxygen atoms in total. The summed E-state index contributed by atoms with van der Waals surface area (Å²) < 4.78 is 5.68. The summed E-state index contributed by atoms with van der Waals surface area (Å²) in [5.41, 5.74) is 0. The van der Waals surface area contributed by atoms with Crippen LogP contribution in [-0.4, -0.2) is 50.3 Å². The van der Waals surface area contributed by atoms with Crippen LogP contribution in [0.3, 0.4) is 0 Å². The maximum atomic E-state index is 5.68. The molecule has 0 saturated carbocycles. The Morgan fingerprint density at radius 1 is 1.28 bits per heavy atom. The smallest absolute Gasteiger partial charge is 0.0521 e. The van der Waals surface area contributed by atoms with Gasteiger partial charge < -0.3 is 10.1 Å². The molecule has 2 saturated heterocycles. The Morgan fingerprint density at radius 3 is 2.94 bits per heavy atom. The molecule has 0 aromatic rings. The van der Waals surface area contributed by atoms with E-state index in [1.807, 2.05) is 0 Å². The Morgan fingerprint density at radius 2 is 2.17 bits per heavy atom. The van der Waals surface area contributed by atoms with Gasteiger partial charge in [0.25, 0.3) is 0 Å². The molecule has 0 aromatic carbocycles. The van der Waals surface area contributed by atoms with Crippen LogP contribution in [0.15, 0.2) is 0 Å². The molecular weight excluding hydrogens is 224 g/mol. The highest BCUT2D eigenvalue weighted by atomic mass is 16.5. The quantitative estimate of drug-likeness (QED) is 0.814. The first-order valence-corrected chi connectivity index (χ1v) is 7.84. The average Bonchev–Trinajstić information content (AvgIpc) is 2.42. The summed E-state index contributed by atoms with van der Waals surface area (Å²) in [5.74, 6) is 0.682. The zero-order chi connectivity index (χ0) is 12.8. The third-order valence-corrected chi connectivity index (χ3v) is 4.68. The second-order valence-corrected chi connectivity index (χ2v) is 5.95. The third kappa shape index (κ3) is 3.69. The fourth-order valence-electron chi connectivity index (χ4n) is 3.62. The molecule has 2 fully saturated rings. The second kappa shape index (κ2) is 7.46. The predicted molar refractivity (Wildman–Crippen MR) is 75.9 cm³/mol. The molecule has 0 aromatic heterocycles. The number of nitrogens with one attached hydrogen (secondary N) is 1. The maximum absolute atomic E-state index is 5.68. The predicted octanol–water partition coefficient (Wildman–Crippen LogP) is 2.27. The van der Waals surface area contributed by atoms with Gasteiger partial charge in [0.15, 0.2) is 0 Å². The van der Waals surface area contributed by atoms with Gasteiger partial charge in [-0.3, -0.25) is 4.90 Å². The van der Waals surface area contributed by atoms with Crippen molar-refractivity contribution >= 4 is 0 Å². The van der Waals surface area contributed by atoms with E-state index in [1.54, 1.807) is 0 Å². The van der Waals surface area contributed by atoms with E-state index < -0.39 is 0 Å². The lowest BCUT2D eigenvalue weighted by molar-refractivity contribution is 0.00536. The summed E-state index contributed by atoms with van der Waals surface area (Å²) in [6, 6.07) is 1.49. The van der Waals surface area contributed by atoms with Crippen molar-refractivity contribution in [2.45, 2.75) is 57.5 Å². The summed E-state index contributed by atoms with van der Waals surface area (Å²) in [7, 11) is 2.10. The second-order valence-electron chi connectivity index (χ2n) is 5.95. The molecule has 0 aliphatic carbocycles. The van der Waals surface area contributed by atoms with Crippen LogP contribution in [0.4, 0.5) is 0 Å². The molecule has 0 spiro atoms. The van der Waals surface area contributed by atoms with E-state index >= 15 is 0 Å². The van der Waals surface area contributed by atoms with Gasteiger partial charge in [-0.2, -0.15) is 0 Å². The molecule has 1 N–H and O–H groups in total. The normalized spacial score (nSPS) is 34.7. The fraction of sp³-hybridized carbons (Fsp3) is 1.00. The van der Waals surface area contributed by atoms with Gasteiger partial charge >= 0.3 is 0 Å². The van der Waals surface area contributed by atoms with Crippen LogP contribution >= 0.6 is 0 Å². The molecule has 2 rings (SSSR count). The van der Waals surface area contributed by atoms with Crippen LogP contribution in [0.5, 0.6) is 0 Å². The van der Waals surface area contributed by atoms with Gasteiger partial charge in [-0.1, -0.05) is 19.8 Å². The SMILES string of the molecule is CCCC1CCCCN1CC1COCCC1NC. The molecule has 3 heteroatoms. The summed E-state index contributed by atoms with van der Waals surface area (Å²) in [6.07, 6.45) is 8.09. The van der Waals surface area contributed by atoms with E-state index in [9.17, 15) is 0 Å². The molecule has 0 radical (unpaired) electrons. The lowest BCUT2D eigenvalue weighted by Gasteiger charge is -2.41. The molecule has 2 aliphatic rings. The number of nitrogens with zero attached hydrogens (tertiary/aromatic N) is 1. The first kappa shape index (κ1) is 14.3. The molecule has 18 heavy (non-hydrogen) atoms. The summed E-state index contributed by atoms with van der Waals surface area (Å²) >= 11 is 0. The molecule has 2 aliphatic heterocycles. The number of rotatable bonds is 5. The van der Waals surface area contributed by atoms with E-state index in [1.165, 1.54) is 51.6 Å². The Kier molecular flexibility index (Phi) is 5.93. The number of hydrogen-bond donors (Lipinski definition) is 1. The van der Waals surface area contributed by atoms with Crippen molar-refractivity contribution in [2.75, 3.05) is 33.4 Å². The summed E-state index contributed by atoms with van der Waals surface area (Å²) in [6.45, 7) is 6.72. The largest absolute Gasteiger partial charge is 0.381 e. The van der Waals surface area contributed by atoms with Gasteiger partial charge in [-0.05, 0) is 39.3 Å². The molecule has 3 atom stereocenters. The van der Waals surface area contributed by atoms with E-state index in [2.05, 4.69) is 24.2 Å². The maximum Gasteiger partial charge on any atom is 0.0521 e. The first-order valence-electron chi connectivity index (χ1n) is 7.84. The number of hydrogen-bond acceptors (Lipinski definition) is 3. The highest BCUT2D eigenvalue weighted by Crippen LogP contribution is 2.24. The number of piperidine rings is 1.